The normalized spacial score (nSPS) is 19.2. The van der Waals surface area contributed by atoms with Crippen LogP contribution in [0.2, 0.25) is 0 Å². The van der Waals surface area contributed by atoms with Gasteiger partial charge >= 0.3 is 5.97 Å². The van der Waals surface area contributed by atoms with Crippen LogP contribution < -0.4 is 0 Å². The fourth-order valence-corrected chi connectivity index (χ4v) is 3.27. The van der Waals surface area contributed by atoms with Crippen LogP contribution in [0.3, 0.4) is 0 Å². The van der Waals surface area contributed by atoms with E-state index < -0.39 is 0 Å². The molecule has 1 aliphatic heterocycles. The summed E-state index contributed by atoms with van der Waals surface area (Å²) in [6.07, 6.45) is 1.78. The predicted octanol–water partition coefficient (Wildman–Crippen LogP) is 1.59. The van der Waals surface area contributed by atoms with Crippen LogP contribution in [0.25, 0.3) is 0 Å². The molecule has 1 amide bonds. The lowest BCUT2D eigenvalue weighted by Gasteiger charge is -2.31. The fourth-order valence-electron chi connectivity index (χ4n) is 2.61. The molecule has 1 aliphatic rings. The van der Waals surface area contributed by atoms with Gasteiger partial charge in [-0.1, -0.05) is 0 Å². The van der Waals surface area contributed by atoms with Crippen molar-refractivity contribution in [1.29, 1.82) is 0 Å². The highest BCUT2D eigenvalue weighted by atomic mass is 32.1. The van der Waals surface area contributed by atoms with E-state index in [2.05, 4.69) is 10.3 Å². The van der Waals surface area contributed by atoms with Gasteiger partial charge in [-0.2, -0.15) is 11.3 Å². The Kier molecular flexibility index (Phi) is 5.76. The van der Waals surface area contributed by atoms with E-state index >= 15 is 0 Å². The Morgan fingerprint density at radius 3 is 3.00 bits per heavy atom. The van der Waals surface area contributed by atoms with Crippen molar-refractivity contribution in [2.45, 2.75) is 19.4 Å². The minimum Gasteiger partial charge on any atom is -0.469 e. The van der Waals surface area contributed by atoms with Gasteiger partial charge in [0.1, 0.15) is 0 Å². The molecule has 1 atom stereocenters. The summed E-state index contributed by atoms with van der Waals surface area (Å²) < 4.78 is 4.80. The fraction of sp³-hybridized carbons (Fsp3) is 0.600. The Morgan fingerprint density at radius 1 is 1.52 bits per heavy atom. The minimum atomic E-state index is -0.168. The third-order valence-electron chi connectivity index (χ3n) is 3.82. The first kappa shape index (κ1) is 16.0. The molecule has 0 spiro atoms. The van der Waals surface area contributed by atoms with Crippen molar-refractivity contribution in [1.82, 2.24) is 9.80 Å². The number of hydrogen-bond acceptors (Lipinski definition) is 5. The van der Waals surface area contributed by atoms with E-state index in [9.17, 15) is 9.59 Å². The van der Waals surface area contributed by atoms with Crippen molar-refractivity contribution >= 4 is 23.2 Å². The molecule has 1 aromatic heterocycles. The lowest BCUT2D eigenvalue weighted by Crippen LogP contribution is -2.44. The van der Waals surface area contributed by atoms with E-state index in [1.165, 1.54) is 7.11 Å². The van der Waals surface area contributed by atoms with Crippen LogP contribution in [0.15, 0.2) is 16.8 Å². The number of likely N-dealkylation sites (tertiary alicyclic amines) is 1. The van der Waals surface area contributed by atoms with E-state index in [4.69, 9.17) is 4.74 Å². The molecule has 5 nitrogen and oxygen atoms in total. The number of amides is 1. The monoisotopic (exact) mass is 310 g/mol. The highest BCUT2D eigenvalue weighted by molar-refractivity contribution is 7.07. The molecule has 2 rings (SSSR count). The van der Waals surface area contributed by atoms with Crippen LogP contribution in [-0.2, 0) is 20.9 Å². The molecule has 2 heterocycles. The van der Waals surface area contributed by atoms with E-state index in [1.807, 2.05) is 18.5 Å². The zero-order chi connectivity index (χ0) is 15.2. The van der Waals surface area contributed by atoms with Crippen LogP contribution in [-0.4, -0.2) is 55.5 Å². The van der Waals surface area contributed by atoms with E-state index in [0.29, 0.717) is 19.6 Å². The minimum absolute atomic E-state index is 0.0896. The lowest BCUT2D eigenvalue weighted by molar-refractivity contribution is -0.148. The van der Waals surface area contributed by atoms with Gasteiger partial charge in [-0.3, -0.25) is 14.5 Å². The standard InChI is InChI=1S/C15H22N2O3S/c1-16(8-12-5-7-21-11-12)14(18)10-17-6-3-4-13(9-17)15(19)20-2/h5,7,11,13H,3-4,6,8-10H2,1-2H3/t13-/m0/s1. The number of hydrogen-bond donors (Lipinski definition) is 0. The maximum Gasteiger partial charge on any atom is 0.309 e. The molecule has 21 heavy (non-hydrogen) atoms. The van der Waals surface area contributed by atoms with Crippen LogP contribution in [0.5, 0.6) is 0 Å². The Balaban J connectivity index is 1.82. The molecule has 0 saturated carbocycles. The second kappa shape index (κ2) is 7.56. The Bertz CT molecular complexity index is 475. The van der Waals surface area contributed by atoms with Crippen LogP contribution in [0.1, 0.15) is 18.4 Å². The molecule has 0 N–H and O–H groups in total. The molecule has 0 radical (unpaired) electrons. The molecule has 0 aliphatic carbocycles. The first-order valence-corrected chi connectivity index (χ1v) is 8.09. The number of carbonyl (C=O) groups is 2. The summed E-state index contributed by atoms with van der Waals surface area (Å²) >= 11 is 1.64. The lowest BCUT2D eigenvalue weighted by atomic mass is 9.98. The molecule has 0 unspecified atom stereocenters. The second-order valence-electron chi connectivity index (χ2n) is 5.48. The smallest absolute Gasteiger partial charge is 0.309 e. The number of piperidine rings is 1. The van der Waals surface area contributed by atoms with Gasteiger partial charge in [0.25, 0.3) is 0 Å². The number of esters is 1. The van der Waals surface area contributed by atoms with Crippen LogP contribution in [0.4, 0.5) is 0 Å². The molecular weight excluding hydrogens is 288 g/mol. The van der Waals surface area contributed by atoms with E-state index in [1.54, 1.807) is 16.2 Å². The Hall–Kier alpha value is -1.40. The van der Waals surface area contributed by atoms with Crippen molar-refractivity contribution in [3.05, 3.63) is 22.4 Å². The average molecular weight is 310 g/mol. The molecule has 1 aromatic rings. The van der Waals surface area contributed by atoms with Gasteiger partial charge in [0.2, 0.25) is 5.91 Å². The summed E-state index contributed by atoms with van der Waals surface area (Å²) in [4.78, 5) is 27.6. The predicted molar refractivity (Wildman–Crippen MR) is 82.0 cm³/mol. The second-order valence-corrected chi connectivity index (χ2v) is 6.26. The summed E-state index contributed by atoms with van der Waals surface area (Å²) in [6, 6.07) is 2.03. The summed E-state index contributed by atoms with van der Waals surface area (Å²) in [5.74, 6) is -0.177. The van der Waals surface area contributed by atoms with Gasteiger partial charge in [-0.05, 0) is 41.8 Å². The zero-order valence-corrected chi connectivity index (χ0v) is 13.4. The third kappa shape index (κ3) is 4.54. The first-order chi connectivity index (χ1) is 10.1. The number of methoxy groups -OCH3 is 1. The maximum absolute atomic E-state index is 12.3. The molecule has 1 fully saturated rings. The molecule has 0 aromatic carbocycles. The summed E-state index contributed by atoms with van der Waals surface area (Å²) in [7, 11) is 3.24. The van der Waals surface area contributed by atoms with Crippen LogP contribution >= 0.6 is 11.3 Å². The van der Waals surface area contributed by atoms with E-state index in [0.717, 1.165) is 24.9 Å². The van der Waals surface area contributed by atoms with E-state index in [-0.39, 0.29) is 17.8 Å². The van der Waals surface area contributed by atoms with Crippen LogP contribution in [0, 0.1) is 5.92 Å². The molecular formula is C15H22N2O3S. The van der Waals surface area contributed by atoms with Gasteiger partial charge in [0.05, 0.1) is 19.6 Å². The largest absolute Gasteiger partial charge is 0.469 e. The summed E-state index contributed by atoms with van der Waals surface area (Å²) in [6.45, 7) is 2.49. The summed E-state index contributed by atoms with van der Waals surface area (Å²) in [5.41, 5.74) is 1.15. The number of nitrogens with zero attached hydrogens (tertiary/aromatic N) is 2. The van der Waals surface area contributed by atoms with Gasteiger partial charge in [-0.15, -0.1) is 0 Å². The maximum atomic E-state index is 12.3. The Morgan fingerprint density at radius 2 is 2.33 bits per heavy atom. The highest BCUT2D eigenvalue weighted by Crippen LogP contribution is 2.18. The Labute approximate surface area is 129 Å². The highest BCUT2D eigenvalue weighted by Gasteiger charge is 2.27. The zero-order valence-electron chi connectivity index (χ0n) is 12.6. The number of likely N-dealkylation sites (N-methyl/N-ethyl adjacent to an activating group) is 1. The average Bonchev–Trinajstić information content (AvgIpc) is 2.99. The topological polar surface area (TPSA) is 49.9 Å². The van der Waals surface area contributed by atoms with Crippen molar-refractivity contribution < 1.29 is 14.3 Å². The number of carbonyl (C=O) groups excluding carboxylic acids is 2. The quantitative estimate of drug-likeness (QED) is 0.775. The molecule has 6 heteroatoms. The van der Waals surface area contributed by atoms with Gasteiger partial charge in [-0.25, -0.2) is 0 Å². The molecule has 0 bridgehead atoms. The van der Waals surface area contributed by atoms with Gasteiger partial charge in [0, 0.05) is 20.1 Å². The molecule has 1 saturated heterocycles. The number of rotatable bonds is 5. The number of thiophene rings is 1. The first-order valence-electron chi connectivity index (χ1n) is 7.15. The van der Waals surface area contributed by atoms with Crippen molar-refractivity contribution in [3.8, 4) is 0 Å². The van der Waals surface area contributed by atoms with Gasteiger partial charge in [0.15, 0.2) is 0 Å². The van der Waals surface area contributed by atoms with Crippen molar-refractivity contribution in [3.63, 3.8) is 0 Å². The summed E-state index contributed by atoms with van der Waals surface area (Å²) in [5, 5.41) is 4.07. The van der Waals surface area contributed by atoms with Crippen molar-refractivity contribution in [2.24, 2.45) is 5.92 Å². The van der Waals surface area contributed by atoms with Gasteiger partial charge < -0.3 is 9.64 Å². The third-order valence-corrected chi connectivity index (χ3v) is 4.56. The number of ether oxygens (including phenoxy) is 1. The van der Waals surface area contributed by atoms with Crippen molar-refractivity contribution in [2.75, 3.05) is 33.8 Å². The molecule has 116 valence electrons. The SMILES string of the molecule is COC(=O)[C@H]1CCCN(CC(=O)N(C)Cc2ccsc2)C1.